The Morgan fingerprint density at radius 3 is 1.83 bits per heavy atom. The second kappa shape index (κ2) is 5.58. The first-order valence-electron chi connectivity index (χ1n) is 5.25. The summed E-state index contributed by atoms with van der Waals surface area (Å²) in [6.07, 6.45) is 1.22. The molecule has 74 valence electrons. The van der Waals surface area contributed by atoms with Crippen LogP contribution in [0.15, 0.2) is 0 Å². The molecule has 0 amide bonds. The Labute approximate surface area is 77.9 Å². The van der Waals surface area contributed by atoms with Crippen LogP contribution >= 0.6 is 0 Å². The molecule has 1 heteroatoms. The molecule has 3 atom stereocenters. The number of rotatable bonds is 5. The lowest BCUT2D eigenvalue weighted by molar-refractivity contribution is 0.293. The maximum atomic E-state index is 3.61. The molecular formula is C11H25N. The maximum Gasteiger partial charge on any atom is 0.00692 e. The quantitative estimate of drug-likeness (QED) is 0.670. The molecule has 0 aromatic rings. The van der Waals surface area contributed by atoms with Crippen molar-refractivity contribution in [2.45, 2.75) is 60.0 Å². The molecule has 0 aliphatic rings. The molecule has 0 aliphatic carbocycles. The van der Waals surface area contributed by atoms with Crippen LogP contribution in [0.4, 0.5) is 0 Å². The average Bonchev–Trinajstić information content (AvgIpc) is 2.02. The van der Waals surface area contributed by atoms with Gasteiger partial charge in [-0.2, -0.15) is 0 Å². The summed E-state index contributed by atoms with van der Waals surface area (Å²) < 4.78 is 0. The van der Waals surface area contributed by atoms with Crippen LogP contribution in [0.2, 0.25) is 0 Å². The Morgan fingerprint density at radius 2 is 1.50 bits per heavy atom. The number of hydrogen-bond donors (Lipinski definition) is 1. The second-order valence-corrected chi connectivity index (χ2v) is 4.37. The highest BCUT2D eigenvalue weighted by Crippen LogP contribution is 2.14. The first-order chi connectivity index (χ1) is 5.49. The molecule has 0 radical (unpaired) electrons. The Morgan fingerprint density at radius 1 is 1.00 bits per heavy atom. The lowest BCUT2D eigenvalue weighted by Gasteiger charge is -2.27. The SMILES string of the molecule is CCC(C)NC(C)C(C)C(C)C. The van der Waals surface area contributed by atoms with Gasteiger partial charge in [0, 0.05) is 12.1 Å². The molecular weight excluding hydrogens is 146 g/mol. The van der Waals surface area contributed by atoms with Gasteiger partial charge in [0.15, 0.2) is 0 Å². The lowest BCUT2D eigenvalue weighted by Crippen LogP contribution is -2.39. The Bertz CT molecular complexity index is 110. The standard InChI is InChI=1S/C11H25N/c1-7-9(4)12-11(6)10(5)8(2)3/h8-12H,7H2,1-6H3. The van der Waals surface area contributed by atoms with Crippen molar-refractivity contribution in [3.05, 3.63) is 0 Å². The highest BCUT2D eigenvalue weighted by atomic mass is 14.9. The van der Waals surface area contributed by atoms with Crippen molar-refractivity contribution in [3.8, 4) is 0 Å². The van der Waals surface area contributed by atoms with Crippen molar-refractivity contribution in [1.29, 1.82) is 0 Å². The minimum atomic E-state index is 0.639. The normalized spacial score (nSPS) is 19.2. The molecule has 0 bridgehead atoms. The molecule has 1 N–H and O–H groups in total. The van der Waals surface area contributed by atoms with E-state index in [9.17, 15) is 0 Å². The van der Waals surface area contributed by atoms with Crippen molar-refractivity contribution in [2.24, 2.45) is 11.8 Å². The van der Waals surface area contributed by atoms with Crippen LogP contribution in [0.3, 0.4) is 0 Å². The molecule has 1 nitrogen and oxygen atoms in total. The van der Waals surface area contributed by atoms with E-state index >= 15 is 0 Å². The van der Waals surface area contributed by atoms with E-state index in [1.807, 2.05) is 0 Å². The van der Waals surface area contributed by atoms with E-state index in [-0.39, 0.29) is 0 Å². The molecule has 0 aliphatic heterocycles. The molecule has 0 saturated heterocycles. The molecule has 3 unspecified atom stereocenters. The smallest absolute Gasteiger partial charge is 0.00692 e. The minimum Gasteiger partial charge on any atom is -0.312 e. The van der Waals surface area contributed by atoms with Gasteiger partial charge >= 0.3 is 0 Å². The highest BCUT2D eigenvalue weighted by Gasteiger charge is 2.16. The molecule has 0 saturated carbocycles. The van der Waals surface area contributed by atoms with Gasteiger partial charge in [-0.05, 0) is 32.1 Å². The second-order valence-electron chi connectivity index (χ2n) is 4.37. The predicted molar refractivity (Wildman–Crippen MR) is 56.4 cm³/mol. The van der Waals surface area contributed by atoms with Crippen LogP contribution in [-0.4, -0.2) is 12.1 Å². The van der Waals surface area contributed by atoms with Gasteiger partial charge in [-0.1, -0.05) is 27.7 Å². The Balaban J connectivity index is 3.78. The summed E-state index contributed by atoms with van der Waals surface area (Å²) in [5.74, 6) is 1.54. The van der Waals surface area contributed by atoms with Gasteiger partial charge in [-0.3, -0.25) is 0 Å². The third kappa shape index (κ3) is 4.10. The van der Waals surface area contributed by atoms with Gasteiger partial charge in [0.2, 0.25) is 0 Å². The topological polar surface area (TPSA) is 12.0 Å². The summed E-state index contributed by atoms with van der Waals surface area (Å²) in [4.78, 5) is 0. The molecule has 12 heavy (non-hydrogen) atoms. The summed E-state index contributed by atoms with van der Waals surface area (Å²) in [6, 6.07) is 1.29. The monoisotopic (exact) mass is 171 g/mol. The summed E-state index contributed by atoms with van der Waals surface area (Å²) >= 11 is 0. The van der Waals surface area contributed by atoms with E-state index in [2.05, 4.69) is 46.9 Å². The Kier molecular flexibility index (Phi) is 5.56. The van der Waals surface area contributed by atoms with Crippen molar-refractivity contribution in [3.63, 3.8) is 0 Å². The Hall–Kier alpha value is -0.0400. The molecule has 0 fully saturated rings. The van der Waals surface area contributed by atoms with Crippen LogP contribution in [0, 0.1) is 11.8 Å². The summed E-state index contributed by atoms with van der Waals surface area (Å²) in [5, 5.41) is 3.61. The third-order valence-electron chi connectivity index (χ3n) is 3.00. The van der Waals surface area contributed by atoms with Crippen molar-refractivity contribution in [2.75, 3.05) is 0 Å². The first kappa shape index (κ1) is 12.0. The molecule has 0 aromatic carbocycles. The third-order valence-corrected chi connectivity index (χ3v) is 3.00. The van der Waals surface area contributed by atoms with Gasteiger partial charge < -0.3 is 5.32 Å². The van der Waals surface area contributed by atoms with Crippen LogP contribution < -0.4 is 5.32 Å². The van der Waals surface area contributed by atoms with E-state index in [4.69, 9.17) is 0 Å². The van der Waals surface area contributed by atoms with Gasteiger partial charge in [0.1, 0.15) is 0 Å². The van der Waals surface area contributed by atoms with Gasteiger partial charge in [0.25, 0.3) is 0 Å². The predicted octanol–water partition coefficient (Wildman–Crippen LogP) is 3.06. The number of hydrogen-bond acceptors (Lipinski definition) is 1. The van der Waals surface area contributed by atoms with Crippen molar-refractivity contribution in [1.82, 2.24) is 5.32 Å². The average molecular weight is 171 g/mol. The zero-order chi connectivity index (χ0) is 9.72. The van der Waals surface area contributed by atoms with Gasteiger partial charge in [-0.25, -0.2) is 0 Å². The molecule has 0 rings (SSSR count). The van der Waals surface area contributed by atoms with Gasteiger partial charge in [0.05, 0.1) is 0 Å². The molecule has 0 heterocycles. The summed E-state index contributed by atoms with van der Waals surface area (Å²) in [7, 11) is 0. The number of nitrogens with one attached hydrogen (secondary N) is 1. The summed E-state index contributed by atoms with van der Waals surface area (Å²) in [6.45, 7) is 13.7. The van der Waals surface area contributed by atoms with Crippen molar-refractivity contribution >= 4 is 0 Å². The van der Waals surface area contributed by atoms with Crippen LogP contribution in [-0.2, 0) is 0 Å². The van der Waals surface area contributed by atoms with E-state index < -0.39 is 0 Å². The van der Waals surface area contributed by atoms with E-state index in [1.54, 1.807) is 0 Å². The van der Waals surface area contributed by atoms with Crippen LogP contribution in [0.1, 0.15) is 48.0 Å². The van der Waals surface area contributed by atoms with E-state index in [0.717, 1.165) is 11.8 Å². The van der Waals surface area contributed by atoms with E-state index in [1.165, 1.54) is 6.42 Å². The molecule has 0 aromatic heterocycles. The highest BCUT2D eigenvalue weighted by molar-refractivity contribution is 4.73. The summed E-state index contributed by atoms with van der Waals surface area (Å²) in [5.41, 5.74) is 0. The fourth-order valence-electron chi connectivity index (χ4n) is 1.30. The zero-order valence-electron chi connectivity index (χ0n) is 9.52. The van der Waals surface area contributed by atoms with Crippen LogP contribution in [0.5, 0.6) is 0 Å². The van der Waals surface area contributed by atoms with Crippen LogP contribution in [0.25, 0.3) is 0 Å². The molecule has 0 spiro atoms. The largest absolute Gasteiger partial charge is 0.312 e. The van der Waals surface area contributed by atoms with Crippen molar-refractivity contribution < 1.29 is 0 Å². The lowest BCUT2D eigenvalue weighted by atomic mass is 9.91. The first-order valence-corrected chi connectivity index (χ1v) is 5.25. The fraction of sp³-hybridized carbons (Fsp3) is 1.00. The minimum absolute atomic E-state index is 0.639. The van der Waals surface area contributed by atoms with Gasteiger partial charge in [-0.15, -0.1) is 0 Å². The maximum absolute atomic E-state index is 3.61. The zero-order valence-corrected chi connectivity index (χ0v) is 9.52. The fourth-order valence-corrected chi connectivity index (χ4v) is 1.30. The van der Waals surface area contributed by atoms with E-state index in [0.29, 0.717) is 12.1 Å².